The molecular weight excluding hydrogens is 362 g/mol. The summed E-state index contributed by atoms with van der Waals surface area (Å²) in [4.78, 5) is 28.2. The summed E-state index contributed by atoms with van der Waals surface area (Å²) in [5, 5.41) is 7.14. The lowest BCUT2D eigenvalue weighted by molar-refractivity contribution is -0.117. The molecule has 5 heteroatoms. The quantitative estimate of drug-likeness (QED) is 0.610. The first-order valence-electron chi connectivity index (χ1n) is 10.5. The molecule has 1 saturated carbocycles. The summed E-state index contributed by atoms with van der Waals surface area (Å²) >= 11 is 0. The van der Waals surface area contributed by atoms with Crippen molar-refractivity contribution in [3.8, 4) is 0 Å². The molecule has 0 saturated heterocycles. The van der Waals surface area contributed by atoms with Crippen LogP contribution < -0.4 is 10.6 Å². The highest BCUT2D eigenvalue weighted by Gasteiger charge is 2.29. The van der Waals surface area contributed by atoms with Crippen LogP contribution in [-0.4, -0.2) is 16.8 Å². The molecule has 2 amide bonds. The Kier molecular flexibility index (Phi) is 4.58. The van der Waals surface area contributed by atoms with E-state index in [2.05, 4.69) is 15.6 Å². The van der Waals surface area contributed by atoms with Crippen molar-refractivity contribution in [2.75, 3.05) is 5.32 Å². The predicted molar refractivity (Wildman–Crippen MR) is 114 cm³/mol. The van der Waals surface area contributed by atoms with E-state index in [9.17, 15) is 9.59 Å². The van der Waals surface area contributed by atoms with Gasteiger partial charge in [0, 0.05) is 40.3 Å². The molecule has 0 unspecified atom stereocenters. The number of hydrogen-bond donors (Lipinski definition) is 3. The van der Waals surface area contributed by atoms with Crippen molar-refractivity contribution in [3.05, 3.63) is 64.8 Å². The third-order valence-corrected chi connectivity index (χ3v) is 5.96. The molecule has 148 valence electrons. The molecule has 29 heavy (non-hydrogen) atoms. The number of amides is 2. The standard InChI is InChI=1S/C24H25N3O2/c28-23(17-10-11-22-20(13-17)19-6-1-2-7-21(19)27-22)25-14-15-4-3-5-18(12-15)26-24(29)16-8-9-16/h3-5,10-13,16,27H,1-2,6-9,14H2,(H,25,28)(H,26,29). The third kappa shape index (κ3) is 3.77. The van der Waals surface area contributed by atoms with Gasteiger partial charge in [-0.25, -0.2) is 0 Å². The van der Waals surface area contributed by atoms with Gasteiger partial charge in [-0.15, -0.1) is 0 Å². The fraction of sp³-hybridized carbons (Fsp3) is 0.333. The molecule has 1 heterocycles. The summed E-state index contributed by atoms with van der Waals surface area (Å²) < 4.78 is 0. The molecule has 0 spiro atoms. The van der Waals surface area contributed by atoms with Crippen LogP contribution in [0.5, 0.6) is 0 Å². The van der Waals surface area contributed by atoms with Crippen molar-refractivity contribution in [3.63, 3.8) is 0 Å². The fourth-order valence-corrected chi connectivity index (χ4v) is 4.18. The number of hydrogen-bond acceptors (Lipinski definition) is 2. The average molecular weight is 387 g/mol. The number of H-pyrrole nitrogens is 1. The van der Waals surface area contributed by atoms with Gasteiger partial charge >= 0.3 is 0 Å². The van der Waals surface area contributed by atoms with Crippen LogP contribution in [0.15, 0.2) is 42.5 Å². The lowest BCUT2D eigenvalue weighted by Crippen LogP contribution is -2.23. The largest absolute Gasteiger partial charge is 0.358 e. The van der Waals surface area contributed by atoms with E-state index in [-0.39, 0.29) is 17.7 Å². The van der Waals surface area contributed by atoms with Crippen LogP contribution in [0.4, 0.5) is 5.69 Å². The second-order valence-electron chi connectivity index (χ2n) is 8.20. The number of aryl methyl sites for hydroxylation is 2. The Hall–Kier alpha value is -3.08. The highest BCUT2D eigenvalue weighted by Crippen LogP contribution is 2.31. The molecule has 5 rings (SSSR count). The van der Waals surface area contributed by atoms with E-state index in [1.54, 1.807) is 0 Å². The molecule has 5 nitrogen and oxygen atoms in total. The summed E-state index contributed by atoms with van der Waals surface area (Å²) in [5.41, 5.74) is 6.26. The van der Waals surface area contributed by atoms with Crippen LogP contribution in [0, 0.1) is 5.92 Å². The summed E-state index contributed by atoms with van der Waals surface area (Å²) in [5.74, 6) is 0.187. The minimum Gasteiger partial charge on any atom is -0.358 e. The fourth-order valence-electron chi connectivity index (χ4n) is 4.18. The van der Waals surface area contributed by atoms with E-state index in [0.29, 0.717) is 12.1 Å². The normalized spacial score (nSPS) is 15.7. The molecule has 3 N–H and O–H groups in total. The van der Waals surface area contributed by atoms with Crippen LogP contribution in [0.3, 0.4) is 0 Å². The maximum absolute atomic E-state index is 12.7. The van der Waals surface area contributed by atoms with Gasteiger partial charge in [0.05, 0.1) is 0 Å². The van der Waals surface area contributed by atoms with Gasteiger partial charge in [-0.05, 0) is 80.0 Å². The van der Waals surface area contributed by atoms with Crippen LogP contribution in [0.2, 0.25) is 0 Å². The van der Waals surface area contributed by atoms with Crippen LogP contribution >= 0.6 is 0 Å². The highest BCUT2D eigenvalue weighted by molar-refractivity contribution is 5.99. The summed E-state index contributed by atoms with van der Waals surface area (Å²) in [6, 6.07) is 13.6. The van der Waals surface area contributed by atoms with Gasteiger partial charge in [0.15, 0.2) is 0 Å². The minimum absolute atomic E-state index is 0.0786. The molecule has 1 fully saturated rings. The van der Waals surface area contributed by atoms with Crippen molar-refractivity contribution < 1.29 is 9.59 Å². The van der Waals surface area contributed by atoms with E-state index in [1.165, 1.54) is 29.5 Å². The van der Waals surface area contributed by atoms with Gasteiger partial charge in [-0.1, -0.05) is 12.1 Å². The number of carbonyl (C=O) groups excluding carboxylic acids is 2. The van der Waals surface area contributed by atoms with Crippen LogP contribution in [0.25, 0.3) is 10.9 Å². The van der Waals surface area contributed by atoms with E-state index in [4.69, 9.17) is 0 Å². The van der Waals surface area contributed by atoms with Crippen LogP contribution in [-0.2, 0) is 24.2 Å². The first kappa shape index (κ1) is 18.0. The van der Waals surface area contributed by atoms with Crippen molar-refractivity contribution in [2.24, 2.45) is 5.92 Å². The van der Waals surface area contributed by atoms with Crippen molar-refractivity contribution in [1.29, 1.82) is 0 Å². The monoisotopic (exact) mass is 387 g/mol. The molecule has 0 aliphatic heterocycles. The number of rotatable bonds is 5. The Bertz CT molecular complexity index is 1090. The van der Waals surface area contributed by atoms with Gasteiger partial charge in [0.2, 0.25) is 5.91 Å². The van der Waals surface area contributed by atoms with Gasteiger partial charge in [0.25, 0.3) is 5.91 Å². The van der Waals surface area contributed by atoms with E-state index >= 15 is 0 Å². The smallest absolute Gasteiger partial charge is 0.251 e. The average Bonchev–Trinajstić information content (AvgIpc) is 3.53. The lowest BCUT2D eigenvalue weighted by Gasteiger charge is -2.11. The number of fused-ring (bicyclic) bond motifs is 3. The second kappa shape index (κ2) is 7.39. The predicted octanol–water partition coefficient (Wildman–Crippen LogP) is 4.33. The SMILES string of the molecule is O=C(NCc1cccc(NC(=O)C2CC2)c1)c1ccc2[nH]c3c(c2c1)CCCC3. The Morgan fingerprint density at radius 3 is 2.76 bits per heavy atom. The van der Waals surface area contributed by atoms with Crippen molar-refractivity contribution in [1.82, 2.24) is 10.3 Å². The highest BCUT2D eigenvalue weighted by atomic mass is 16.2. The zero-order chi connectivity index (χ0) is 19.8. The molecule has 3 aromatic rings. The van der Waals surface area contributed by atoms with Gasteiger partial charge in [-0.2, -0.15) is 0 Å². The van der Waals surface area contributed by atoms with E-state index in [1.807, 2.05) is 42.5 Å². The maximum Gasteiger partial charge on any atom is 0.251 e. The lowest BCUT2D eigenvalue weighted by atomic mass is 9.95. The number of carbonyl (C=O) groups is 2. The summed E-state index contributed by atoms with van der Waals surface area (Å²) in [6.45, 7) is 0.426. The number of benzene rings is 2. The first-order valence-corrected chi connectivity index (χ1v) is 10.5. The number of aromatic nitrogens is 1. The van der Waals surface area contributed by atoms with Gasteiger partial charge in [0.1, 0.15) is 0 Å². The Morgan fingerprint density at radius 1 is 1.03 bits per heavy atom. The molecule has 2 aliphatic carbocycles. The molecular formula is C24H25N3O2. The zero-order valence-electron chi connectivity index (χ0n) is 16.4. The minimum atomic E-state index is -0.0786. The Morgan fingerprint density at radius 2 is 1.90 bits per heavy atom. The third-order valence-electron chi connectivity index (χ3n) is 5.96. The molecule has 0 atom stereocenters. The summed E-state index contributed by atoms with van der Waals surface area (Å²) in [6.07, 6.45) is 6.59. The van der Waals surface area contributed by atoms with Gasteiger partial charge in [-0.3, -0.25) is 9.59 Å². The topological polar surface area (TPSA) is 74.0 Å². The molecule has 2 aromatic carbocycles. The van der Waals surface area contributed by atoms with E-state index < -0.39 is 0 Å². The second-order valence-corrected chi connectivity index (χ2v) is 8.20. The van der Waals surface area contributed by atoms with Crippen molar-refractivity contribution >= 4 is 28.4 Å². The molecule has 1 aromatic heterocycles. The molecule has 2 aliphatic rings. The first-order chi connectivity index (χ1) is 14.2. The van der Waals surface area contributed by atoms with Gasteiger partial charge < -0.3 is 15.6 Å². The Balaban J connectivity index is 1.27. The Labute approximate surface area is 169 Å². The van der Waals surface area contributed by atoms with Crippen molar-refractivity contribution in [2.45, 2.75) is 45.1 Å². The zero-order valence-corrected chi connectivity index (χ0v) is 16.4. The molecule has 0 bridgehead atoms. The summed E-state index contributed by atoms with van der Waals surface area (Å²) in [7, 11) is 0. The van der Waals surface area contributed by atoms with E-state index in [0.717, 1.165) is 42.5 Å². The maximum atomic E-state index is 12.7. The van der Waals surface area contributed by atoms with Crippen LogP contribution in [0.1, 0.15) is 52.9 Å². The number of nitrogens with one attached hydrogen (secondary N) is 3. The number of anilines is 1. The molecule has 0 radical (unpaired) electrons. The number of aromatic amines is 1.